The zero-order valence-corrected chi connectivity index (χ0v) is 18.1. The highest BCUT2D eigenvalue weighted by atomic mass is 32.1. The maximum atomic E-state index is 10.2. The van der Waals surface area contributed by atoms with Crippen molar-refractivity contribution >= 4 is 29.1 Å². The van der Waals surface area contributed by atoms with Gasteiger partial charge in [0.2, 0.25) is 0 Å². The zero-order valence-electron chi connectivity index (χ0n) is 17.3. The lowest BCUT2D eigenvalue weighted by Crippen LogP contribution is -2.29. The predicted molar refractivity (Wildman–Crippen MR) is 121 cm³/mol. The van der Waals surface area contributed by atoms with E-state index in [2.05, 4.69) is 27.8 Å². The Kier molecular flexibility index (Phi) is 15.1. The number of nitriles is 1. The Balaban J connectivity index is 1.90. The van der Waals surface area contributed by atoms with E-state index in [0.29, 0.717) is 64.3 Å². The van der Waals surface area contributed by atoms with Crippen LogP contribution in [0.25, 0.3) is 0 Å². The molecule has 0 aliphatic rings. The van der Waals surface area contributed by atoms with Crippen LogP contribution in [0.15, 0.2) is 24.3 Å². The number of benzene rings is 1. The Morgan fingerprint density at radius 1 is 0.935 bits per heavy atom. The van der Waals surface area contributed by atoms with Crippen LogP contribution in [-0.2, 0) is 14.2 Å². The maximum absolute atomic E-state index is 10.2. The van der Waals surface area contributed by atoms with Gasteiger partial charge in [-0.25, -0.2) is 4.79 Å². The van der Waals surface area contributed by atoms with E-state index in [4.69, 9.17) is 36.8 Å². The Bertz CT molecular complexity index is 756. The minimum atomic E-state index is -1.02. The molecule has 0 bridgehead atoms. The minimum Gasteiger partial charge on any atom is -0.465 e. The number of thiocarbonyl (C=S) groups is 1. The first kappa shape index (κ1) is 26.1. The number of nitrogens with zero attached hydrogens (tertiary/aromatic N) is 1. The van der Waals surface area contributed by atoms with Gasteiger partial charge in [-0.1, -0.05) is 5.92 Å². The van der Waals surface area contributed by atoms with Crippen LogP contribution in [0.4, 0.5) is 10.5 Å². The van der Waals surface area contributed by atoms with Crippen LogP contribution in [0.3, 0.4) is 0 Å². The maximum Gasteiger partial charge on any atom is 0.404 e. The fraction of sp³-hybridized carbons (Fsp3) is 0.476. The summed E-state index contributed by atoms with van der Waals surface area (Å²) in [4.78, 5) is 10.2. The fourth-order valence-electron chi connectivity index (χ4n) is 2.20. The standard InChI is InChI=1S/C21H28N4O5S/c22-9-1-4-18-5-7-19(8-6-18)25-20(31)23-10-2-12-28-14-16-30-17-15-29-13-3-11-24-21(26)27/h5-8,24H,2-3,10-17H2,(H,26,27)(H2,23,25,31). The summed E-state index contributed by atoms with van der Waals surface area (Å²) < 4.78 is 16.2. The van der Waals surface area contributed by atoms with Crippen molar-refractivity contribution in [3.63, 3.8) is 0 Å². The van der Waals surface area contributed by atoms with E-state index in [1.165, 1.54) is 0 Å². The summed E-state index contributed by atoms with van der Waals surface area (Å²) in [5.41, 5.74) is 1.61. The molecule has 9 nitrogen and oxygen atoms in total. The number of hydrogen-bond acceptors (Lipinski definition) is 6. The molecular weight excluding hydrogens is 420 g/mol. The Morgan fingerprint density at radius 3 is 2.03 bits per heavy atom. The van der Waals surface area contributed by atoms with Crippen LogP contribution in [0.1, 0.15) is 18.4 Å². The van der Waals surface area contributed by atoms with E-state index in [1.54, 1.807) is 6.07 Å². The Hall–Kier alpha value is -2.89. The number of rotatable bonds is 15. The van der Waals surface area contributed by atoms with Crippen molar-refractivity contribution in [2.75, 3.05) is 58.0 Å². The molecule has 0 atom stereocenters. The number of hydrogen-bond donors (Lipinski definition) is 4. The second kappa shape index (κ2) is 17.9. The number of carbonyl (C=O) groups is 1. The van der Waals surface area contributed by atoms with E-state index in [-0.39, 0.29) is 0 Å². The van der Waals surface area contributed by atoms with Gasteiger partial charge in [0.05, 0.1) is 26.4 Å². The molecule has 0 saturated carbocycles. The molecule has 0 aliphatic heterocycles. The van der Waals surface area contributed by atoms with Gasteiger partial charge in [0.1, 0.15) is 0 Å². The van der Waals surface area contributed by atoms with E-state index >= 15 is 0 Å². The second-order valence-electron chi connectivity index (χ2n) is 6.10. The summed E-state index contributed by atoms with van der Waals surface area (Å²) in [6.07, 6.45) is 0.412. The molecule has 0 heterocycles. The summed E-state index contributed by atoms with van der Waals surface area (Å²) in [7, 11) is 0. The number of anilines is 1. The van der Waals surface area contributed by atoms with Crippen molar-refractivity contribution < 1.29 is 24.1 Å². The topological polar surface area (TPSA) is 125 Å². The molecule has 168 valence electrons. The molecular formula is C21H28N4O5S. The largest absolute Gasteiger partial charge is 0.465 e. The zero-order chi connectivity index (χ0) is 22.6. The number of carboxylic acid groups (broad SMARTS) is 1. The molecule has 0 fully saturated rings. The van der Waals surface area contributed by atoms with E-state index in [0.717, 1.165) is 17.7 Å². The van der Waals surface area contributed by atoms with Crippen LogP contribution in [0.2, 0.25) is 0 Å². The first-order valence-corrected chi connectivity index (χ1v) is 10.3. The molecule has 31 heavy (non-hydrogen) atoms. The van der Waals surface area contributed by atoms with Gasteiger partial charge in [-0.15, -0.1) is 0 Å². The number of amides is 1. The van der Waals surface area contributed by atoms with Crippen molar-refractivity contribution in [2.45, 2.75) is 12.8 Å². The third-order valence-corrected chi connectivity index (χ3v) is 3.89. The lowest BCUT2D eigenvalue weighted by atomic mass is 10.2. The van der Waals surface area contributed by atoms with Gasteiger partial charge in [0, 0.05) is 43.5 Å². The van der Waals surface area contributed by atoms with E-state index in [9.17, 15) is 4.79 Å². The normalized spacial score (nSPS) is 9.77. The smallest absolute Gasteiger partial charge is 0.404 e. The van der Waals surface area contributed by atoms with Crippen molar-refractivity contribution in [3.05, 3.63) is 29.8 Å². The monoisotopic (exact) mass is 448 g/mol. The third kappa shape index (κ3) is 15.6. The molecule has 0 saturated heterocycles. The van der Waals surface area contributed by atoms with Crippen molar-refractivity contribution in [1.82, 2.24) is 10.6 Å². The van der Waals surface area contributed by atoms with Crippen molar-refractivity contribution in [3.8, 4) is 17.9 Å². The van der Waals surface area contributed by atoms with Crippen molar-refractivity contribution in [1.29, 1.82) is 5.26 Å². The Morgan fingerprint density at radius 2 is 1.48 bits per heavy atom. The van der Waals surface area contributed by atoms with Crippen molar-refractivity contribution in [2.24, 2.45) is 0 Å². The molecule has 0 aliphatic carbocycles. The highest BCUT2D eigenvalue weighted by Gasteiger charge is 1.98. The first-order chi connectivity index (χ1) is 15.1. The van der Waals surface area contributed by atoms with Crippen LogP contribution >= 0.6 is 12.2 Å². The van der Waals surface area contributed by atoms with Gasteiger partial charge in [0.15, 0.2) is 11.2 Å². The lowest BCUT2D eigenvalue weighted by Gasteiger charge is -2.11. The number of nitrogens with one attached hydrogen (secondary N) is 3. The summed E-state index contributed by atoms with van der Waals surface area (Å²) in [6, 6.07) is 9.11. The SMILES string of the molecule is N#CC#Cc1ccc(NC(=S)NCCCOCCOCCOCCCNC(=O)O)cc1. The third-order valence-electron chi connectivity index (χ3n) is 3.64. The van der Waals surface area contributed by atoms with Gasteiger partial charge < -0.3 is 35.3 Å². The molecule has 1 amide bonds. The van der Waals surface area contributed by atoms with Gasteiger partial charge in [-0.3, -0.25) is 0 Å². The molecule has 0 spiro atoms. The summed E-state index contributed by atoms with van der Waals surface area (Å²) in [6.45, 7) is 4.10. The molecule has 0 unspecified atom stereocenters. The highest BCUT2D eigenvalue weighted by molar-refractivity contribution is 7.80. The molecule has 0 radical (unpaired) electrons. The molecule has 1 aromatic rings. The molecule has 4 N–H and O–H groups in total. The van der Waals surface area contributed by atoms with Crippen LogP contribution in [0, 0.1) is 23.2 Å². The van der Waals surface area contributed by atoms with E-state index in [1.807, 2.05) is 24.3 Å². The molecule has 10 heteroatoms. The fourth-order valence-corrected chi connectivity index (χ4v) is 2.42. The molecule has 1 aromatic carbocycles. The average molecular weight is 449 g/mol. The van der Waals surface area contributed by atoms with Gasteiger partial charge in [-0.2, -0.15) is 5.26 Å². The van der Waals surface area contributed by atoms with Crippen LogP contribution in [-0.4, -0.2) is 69.0 Å². The van der Waals surface area contributed by atoms with Gasteiger partial charge in [0.25, 0.3) is 0 Å². The van der Waals surface area contributed by atoms with E-state index < -0.39 is 6.09 Å². The predicted octanol–water partition coefficient (Wildman–Crippen LogP) is 1.95. The molecule has 1 rings (SSSR count). The van der Waals surface area contributed by atoms with Crippen LogP contribution in [0.5, 0.6) is 0 Å². The second-order valence-corrected chi connectivity index (χ2v) is 6.50. The van der Waals surface area contributed by atoms with Gasteiger partial charge >= 0.3 is 6.09 Å². The average Bonchev–Trinajstić information content (AvgIpc) is 2.75. The summed E-state index contributed by atoms with van der Waals surface area (Å²) in [5, 5.41) is 25.8. The first-order valence-electron chi connectivity index (χ1n) is 9.87. The number of ether oxygens (including phenoxy) is 3. The molecule has 0 aromatic heterocycles. The lowest BCUT2D eigenvalue weighted by molar-refractivity contribution is 0.0140. The summed E-state index contributed by atoms with van der Waals surface area (Å²) >= 11 is 5.25. The Labute approximate surface area is 188 Å². The summed E-state index contributed by atoms with van der Waals surface area (Å²) in [5.74, 6) is 5.08. The van der Waals surface area contributed by atoms with Gasteiger partial charge in [-0.05, 0) is 49.3 Å². The highest BCUT2D eigenvalue weighted by Crippen LogP contribution is 2.08. The minimum absolute atomic E-state index is 0.382. The van der Waals surface area contributed by atoms with Crippen LogP contribution < -0.4 is 16.0 Å². The quantitative estimate of drug-likeness (QED) is 0.181.